The van der Waals surface area contributed by atoms with Gasteiger partial charge in [-0.1, -0.05) is 36.4 Å². The minimum atomic E-state index is -0.405. The van der Waals surface area contributed by atoms with Crippen molar-refractivity contribution < 1.29 is 18.9 Å². The second-order valence-electron chi connectivity index (χ2n) is 7.84. The van der Waals surface area contributed by atoms with Gasteiger partial charge in [-0.25, -0.2) is 0 Å². The lowest BCUT2D eigenvalue weighted by atomic mass is 9.75. The van der Waals surface area contributed by atoms with Gasteiger partial charge in [0.15, 0.2) is 0 Å². The van der Waals surface area contributed by atoms with E-state index in [2.05, 4.69) is 13.8 Å². The second kappa shape index (κ2) is 6.62. The van der Waals surface area contributed by atoms with Gasteiger partial charge in [0.1, 0.15) is 0 Å². The lowest BCUT2D eigenvalue weighted by Crippen LogP contribution is -2.51. The number of rotatable bonds is 3. The van der Waals surface area contributed by atoms with Crippen molar-refractivity contribution >= 4 is 24.4 Å². The highest BCUT2D eigenvalue weighted by Crippen LogP contribution is 2.26. The highest BCUT2D eigenvalue weighted by Gasteiger charge is 2.38. The van der Waals surface area contributed by atoms with Crippen molar-refractivity contribution in [3.05, 3.63) is 65.2 Å². The van der Waals surface area contributed by atoms with Gasteiger partial charge in [0.25, 0.3) is 11.8 Å². The molecule has 2 aromatic rings. The number of amides is 2. The summed E-state index contributed by atoms with van der Waals surface area (Å²) < 4.78 is 12.0. The summed E-state index contributed by atoms with van der Waals surface area (Å²) in [5, 5.41) is 0. The molecule has 1 atom stereocenters. The highest BCUT2D eigenvalue weighted by molar-refractivity contribution is 6.61. The van der Waals surface area contributed by atoms with Crippen LogP contribution in [0.25, 0.3) is 0 Å². The zero-order valence-electron chi connectivity index (χ0n) is 15.8. The van der Waals surface area contributed by atoms with Gasteiger partial charge in [0, 0.05) is 6.10 Å². The normalized spacial score (nSPS) is 21.5. The fourth-order valence-electron chi connectivity index (χ4n) is 3.81. The van der Waals surface area contributed by atoms with Gasteiger partial charge in [-0.15, -0.1) is 0 Å². The van der Waals surface area contributed by atoms with Crippen molar-refractivity contribution in [2.75, 3.05) is 0 Å². The summed E-state index contributed by atoms with van der Waals surface area (Å²) in [7, 11) is -0.405. The molecule has 6 heteroatoms. The SMILES string of the molecule is CC1CC(C)(C)OB(c2ccc(CN3C(=O)c4ccccc4C3=O)cc2)O1. The van der Waals surface area contributed by atoms with Crippen LogP contribution in [0.15, 0.2) is 48.5 Å². The summed E-state index contributed by atoms with van der Waals surface area (Å²) in [6, 6.07) is 14.6. The van der Waals surface area contributed by atoms with Gasteiger partial charge >= 0.3 is 7.12 Å². The van der Waals surface area contributed by atoms with Crippen LogP contribution >= 0.6 is 0 Å². The van der Waals surface area contributed by atoms with Gasteiger partial charge in [0.2, 0.25) is 0 Å². The molecule has 4 rings (SSSR count). The van der Waals surface area contributed by atoms with Gasteiger partial charge in [-0.05, 0) is 50.4 Å². The molecule has 138 valence electrons. The molecule has 5 nitrogen and oxygen atoms in total. The van der Waals surface area contributed by atoms with Gasteiger partial charge < -0.3 is 9.31 Å². The summed E-state index contributed by atoms with van der Waals surface area (Å²) in [6.45, 7) is 6.43. The number of hydrogen-bond acceptors (Lipinski definition) is 4. The molecular formula is C21H22BNO4. The molecule has 2 amide bonds. The molecule has 1 saturated heterocycles. The number of benzene rings is 2. The van der Waals surface area contributed by atoms with Crippen LogP contribution in [0.5, 0.6) is 0 Å². The van der Waals surface area contributed by atoms with Crippen molar-refractivity contribution in [1.82, 2.24) is 4.90 Å². The predicted molar refractivity (Wildman–Crippen MR) is 103 cm³/mol. The van der Waals surface area contributed by atoms with Crippen molar-refractivity contribution in [3.63, 3.8) is 0 Å². The maximum atomic E-state index is 12.5. The quantitative estimate of drug-likeness (QED) is 0.622. The fourth-order valence-corrected chi connectivity index (χ4v) is 3.81. The Balaban J connectivity index is 1.49. The molecule has 0 bridgehead atoms. The van der Waals surface area contributed by atoms with Crippen molar-refractivity contribution in [3.8, 4) is 0 Å². The average molecular weight is 363 g/mol. The first-order chi connectivity index (χ1) is 12.8. The second-order valence-corrected chi connectivity index (χ2v) is 7.84. The maximum absolute atomic E-state index is 12.5. The van der Waals surface area contributed by atoms with E-state index in [4.69, 9.17) is 9.31 Å². The maximum Gasteiger partial charge on any atom is 0.494 e. The summed E-state index contributed by atoms with van der Waals surface area (Å²) in [5.74, 6) is -0.483. The molecule has 0 aromatic heterocycles. The third-order valence-corrected chi connectivity index (χ3v) is 5.03. The summed E-state index contributed by atoms with van der Waals surface area (Å²) >= 11 is 0. The van der Waals surface area contributed by atoms with E-state index in [1.54, 1.807) is 24.3 Å². The van der Waals surface area contributed by atoms with Crippen LogP contribution in [0.4, 0.5) is 0 Å². The number of carbonyl (C=O) groups is 2. The van der Waals surface area contributed by atoms with E-state index < -0.39 is 7.12 Å². The lowest BCUT2D eigenvalue weighted by Gasteiger charge is -2.38. The number of fused-ring (bicyclic) bond motifs is 1. The summed E-state index contributed by atoms with van der Waals surface area (Å²) in [4.78, 5) is 26.3. The lowest BCUT2D eigenvalue weighted by molar-refractivity contribution is -0.0229. The Hall–Kier alpha value is -2.44. The largest absolute Gasteiger partial charge is 0.494 e. The first kappa shape index (κ1) is 18.0. The van der Waals surface area contributed by atoms with Gasteiger partial charge in [0.05, 0.1) is 23.3 Å². The van der Waals surface area contributed by atoms with Crippen molar-refractivity contribution in [1.29, 1.82) is 0 Å². The van der Waals surface area contributed by atoms with Crippen molar-refractivity contribution in [2.24, 2.45) is 0 Å². The zero-order valence-corrected chi connectivity index (χ0v) is 15.8. The number of imide groups is 1. The van der Waals surface area contributed by atoms with Gasteiger partial charge in [-0.3, -0.25) is 14.5 Å². The molecule has 0 radical (unpaired) electrons. The molecule has 1 fully saturated rings. The smallest absolute Gasteiger partial charge is 0.405 e. The zero-order chi connectivity index (χ0) is 19.2. The summed E-state index contributed by atoms with van der Waals surface area (Å²) in [5.41, 5.74) is 2.53. The van der Waals surface area contributed by atoms with E-state index in [-0.39, 0.29) is 30.1 Å². The van der Waals surface area contributed by atoms with Crippen LogP contribution < -0.4 is 5.46 Å². The topological polar surface area (TPSA) is 55.8 Å². The third kappa shape index (κ3) is 3.43. The molecule has 2 aromatic carbocycles. The molecular weight excluding hydrogens is 341 g/mol. The van der Waals surface area contributed by atoms with E-state index in [1.807, 2.05) is 31.2 Å². The minimum Gasteiger partial charge on any atom is -0.405 e. The molecule has 0 saturated carbocycles. The number of carbonyl (C=O) groups excluding carboxylic acids is 2. The molecule has 0 spiro atoms. The predicted octanol–water partition coefficient (Wildman–Crippen LogP) is 2.78. The molecule has 2 aliphatic heterocycles. The first-order valence-corrected chi connectivity index (χ1v) is 9.21. The monoisotopic (exact) mass is 363 g/mol. The molecule has 2 heterocycles. The van der Waals surface area contributed by atoms with Crippen LogP contribution in [0.3, 0.4) is 0 Å². The van der Waals surface area contributed by atoms with E-state index >= 15 is 0 Å². The Morgan fingerprint density at radius 2 is 1.63 bits per heavy atom. The van der Waals surface area contributed by atoms with Crippen LogP contribution in [0.2, 0.25) is 0 Å². The van der Waals surface area contributed by atoms with Crippen molar-refractivity contribution in [2.45, 2.75) is 45.4 Å². The molecule has 1 unspecified atom stereocenters. The average Bonchev–Trinajstić information content (AvgIpc) is 2.86. The van der Waals surface area contributed by atoms with Crippen LogP contribution in [-0.4, -0.2) is 35.5 Å². The minimum absolute atomic E-state index is 0.122. The third-order valence-electron chi connectivity index (χ3n) is 5.03. The number of hydrogen-bond donors (Lipinski definition) is 0. The van der Waals surface area contributed by atoms with Crippen LogP contribution in [0, 0.1) is 0 Å². The molecule has 0 N–H and O–H groups in total. The van der Waals surface area contributed by atoms with E-state index in [0.29, 0.717) is 11.1 Å². The summed E-state index contributed by atoms with van der Waals surface area (Å²) in [6.07, 6.45) is 0.971. The van der Waals surface area contributed by atoms with E-state index in [0.717, 1.165) is 17.4 Å². The Morgan fingerprint density at radius 1 is 1.04 bits per heavy atom. The molecule has 27 heavy (non-hydrogen) atoms. The van der Waals surface area contributed by atoms with Gasteiger partial charge in [-0.2, -0.15) is 0 Å². The Kier molecular flexibility index (Phi) is 4.40. The molecule has 0 aliphatic carbocycles. The highest BCUT2D eigenvalue weighted by atomic mass is 16.6. The molecule has 2 aliphatic rings. The van der Waals surface area contributed by atoms with E-state index in [9.17, 15) is 9.59 Å². The van der Waals surface area contributed by atoms with Crippen LogP contribution in [-0.2, 0) is 15.9 Å². The first-order valence-electron chi connectivity index (χ1n) is 9.21. The standard InChI is InChI=1S/C21H22BNO4/c1-14-12-21(2,3)27-22(26-14)16-10-8-15(9-11-16)13-23-19(24)17-6-4-5-7-18(17)20(23)25/h4-11,14H,12-13H2,1-3H3. The Labute approximate surface area is 159 Å². The number of nitrogens with zero attached hydrogens (tertiary/aromatic N) is 1. The Bertz CT molecular complexity index is 858. The van der Waals surface area contributed by atoms with E-state index in [1.165, 1.54) is 4.90 Å². The Morgan fingerprint density at radius 3 is 2.19 bits per heavy atom. The fraction of sp³-hybridized carbons (Fsp3) is 0.333. The van der Waals surface area contributed by atoms with Crippen LogP contribution in [0.1, 0.15) is 53.5 Å².